The van der Waals surface area contributed by atoms with Gasteiger partial charge in [0.15, 0.2) is 0 Å². The fraction of sp³-hybridized carbons (Fsp3) is 0.278. The molecule has 0 bridgehead atoms. The molecule has 6 heteroatoms. The number of urea groups is 1. The third kappa shape index (κ3) is 3.87. The highest BCUT2D eigenvalue weighted by Crippen LogP contribution is 2.21. The molecule has 0 spiro atoms. The summed E-state index contributed by atoms with van der Waals surface area (Å²) in [5.41, 5.74) is 2.72. The smallest absolute Gasteiger partial charge is 0.321 e. The number of aryl methyl sites for hydroxylation is 1. The van der Waals surface area contributed by atoms with Crippen molar-refractivity contribution in [2.24, 2.45) is 0 Å². The summed E-state index contributed by atoms with van der Waals surface area (Å²) in [5, 5.41) is 2.93. The van der Waals surface area contributed by atoms with Gasteiger partial charge in [0.1, 0.15) is 5.82 Å². The van der Waals surface area contributed by atoms with Gasteiger partial charge in [-0.15, -0.1) is 0 Å². The molecule has 2 aromatic carbocycles. The molecule has 3 rings (SSSR count). The van der Waals surface area contributed by atoms with E-state index in [0.29, 0.717) is 26.2 Å². The number of rotatable bonds is 2. The Morgan fingerprint density at radius 3 is 2.54 bits per heavy atom. The van der Waals surface area contributed by atoms with Crippen LogP contribution in [0.2, 0.25) is 0 Å². The lowest BCUT2D eigenvalue weighted by Gasteiger charge is -2.36. The number of piperazine rings is 1. The van der Waals surface area contributed by atoms with Crippen LogP contribution in [-0.2, 0) is 0 Å². The molecule has 0 unspecified atom stereocenters. The summed E-state index contributed by atoms with van der Waals surface area (Å²) in [6, 6.07) is 12.2. The number of hydrogen-bond acceptors (Lipinski definition) is 2. The second-order valence-electron chi connectivity index (χ2n) is 5.85. The van der Waals surface area contributed by atoms with Crippen LogP contribution in [0.25, 0.3) is 0 Å². The van der Waals surface area contributed by atoms with Gasteiger partial charge in [0.25, 0.3) is 0 Å². The van der Waals surface area contributed by atoms with Gasteiger partial charge in [0.05, 0.1) is 0 Å². The number of nitrogens with one attached hydrogen (secondary N) is 1. The minimum Gasteiger partial charge on any atom is -0.368 e. The average molecular weight is 392 g/mol. The lowest BCUT2D eigenvalue weighted by Crippen LogP contribution is -2.50. The number of halogens is 2. The average Bonchev–Trinajstić information content (AvgIpc) is 2.58. The molecule has 126 valence electrons. The van der Waals surface area contributed by atoms with Gasteiger partial charge in [0, 0.05) is 42.0 Å². The zero-order chi connectivity index (χ0) is 17.1. The summed E-state index contributed by atoms with van der Waals surface area (Å²) >= 11 is 3.45. The van der Waals surface area contributed by atoms with Gasteiger partial charge in [-0.25, -0.2) is 9.18 Å². The van der Waals surface area contributed by atoms with Gasteiger partial charge in [-0.05, 0) is 48.9 Å². The lowest BCUT2D eigenvalue weighted by molar-refractivity contribution is 0.208. The molecule has 0 atom stereocenters. The van der Waals surface area contributed by atoms with E-state index in [-0.39, 0.29) is 11.8 Å². The standard InChI is InChI=1S/C18H19BrFN3O/c1-13-11-15(5-6-17(13)19)21-18(24)23-9-7-22(8-10-23)16-4-2-3-14(20)12-16/h2-6,11-12H,7-10H2,1H3,(H,21,24). The van der Waals surface area contributed by atoms with E-state index >= 15 is 0 Å². The molecule has 0 radical (unpaired) electrons. The Kier molecular flexibility index (Phi) is 5.04. The van der Waals surface area contributed by atoms with Crippen molar-refractivity contribution in [2.75, 3.05) is 36.4 Å². The minimum atomic E-state index is -0.238. The molecule has 0 aliphatic carbocycles. The predicted octanol–water partition coefficient (Wildman–Crippen LogP) is 4.25. The molecule has 1 saturated heterocycles. The number of carbonyl (C=O) groups is 1. The summed E-state index contributed by atoms with van der Waals surface area (Å²) in [5.74, 6) is -0.238. The molecule has 24 heavy (non-hydrogen) atoms. The number of nitrogens with zero attached hydrogens (tertiary/aromatic N) is 2. The zero-order valence-corrected chi connectivity index (χ0v) is 15.0. The van der Waals surface area contributed by atoms with Crippen LogP contribution in [0.15, 0.2) is 46.9 Å². The third-order valence-electron chi connectivity index (χ3n) is 4.15. The van der Waals surface area contributed by atoms with Crippen LogP contribution in [0.1, 0.15) is 5.56 Å². The highest BCUT2D eigenvalue weighted by Gasteiger charge is 2.21. The molecule has 0 aromatic heterocycles. The third-order valence-corrected chi connectivity index (χ3v) is 5.04. The van der Waals surface area contributed by atoms with Gasteiger partial charge < -0.3 is 15.1 Å². The normalized spacial score (nSPS) is 14.6. The van der Waals surface area contributed by atoms with Gasteiger partial charge in [-0.1, -0.05) is 22.0 Å². The topological polar surface area (TPSA) is 35.6 Å². The van der Waals surface area contributed by atoms with E-state index in [4.69, 9.17) is 0 Å². The van der Waals surface area contributed by atoms with Gasteiger partial charge in [0.2, 0.25) is 0 Å². The van der Waals surface area contributed by atoms with E-state index in [0.717, 1.165) is 21.4 Å². The molecule has 1 N–H and O–H groups in total. The molecule has 2 amide bonds. The van der Waals surface area contributed by atoms with Crippen LogP contribution in [0.4, 0.5) is 20.6 Å². The number of anilines is 2. The number of hydrogen-bond donors (Lipinski definition) is 1. The van der Waals surface area contributed by atoms with Crippen LogP contribution in [0.3, 0.4) is 0 Å². The first kappa shape index (κ1) is 16.8. The maximum atomic E-state index is 13.3. The highest BCUT2D eigenvalue weighted by molar-refractivity contribution is 9.10. The molecule has 1 heterocycles. The zero-order valence-electron chi connectivity index (χ0n) is 13.4. The number of amides is 2. The van der Waals surface area contributed by atoms with Crippen LogP contribution >= 0.6 is 15.9 Å². The molecular formula is C18H19BrFN3O. The molecule has 4 nitrogen and oxygen atoms in total. The summed E-state index contributed by atoms with van der Waals surface area (Å²) in [7, 11) is 0. The maximum absolute atomic E-state index is 13.3. The van der Waals surface area contributed by atoms with Crippen molar-refractivity contribution >= 4 is 33.3 Å². The quantitative estimate of drug-likeness (QED) is 0.830. The van der Waals surface area contributed by atoms with Crippen molar-refractivity contribution in [1.29, 1.82) is 0 Å². The van der Waals surface area contributed by atoms with Crippen molar-refractivity contribution in [2.45, 2.75) is 6.92 Å². The summed E-state index contributed by atoms with van der Waals surface area (Å²) in [6.07, 6.45) is 0. The maximum Gasteiger partial charge on any atom is 0.321 e. The monoisotopic (exact) mass is 391 g/mol. The largest absolute Gasteiger partial charge is 0.368 e. The lowest BCUT2D eigenvalue weighted by atomic mass is 10.2. The molecule has 1 fully saturated rings. The first-order chi connectivity index (χ1) is 11.5. The van der Waals surface area contributed by atoms with E-state index in [2.05, 4.69) is 26.1 Å². The van der Waals surface area contributed by atoms with Crippen molar-refractivity contribution in [3.8, 4) is 0 Å². The second kappa shape index (κ2) is 7.21. The molecule has 1 aliphatic heterocycles. The Bertz CT molecular complexity index is 745. The van der Waals surface area contributed by atoms with E-state index in [1.807, 2.05) is 31.2 Å². The first-order valence-corrected chi connectivity index (χ1v) is 8.65. The molecule has 0 saturated carbocycles. The van der Waals surface area contributed by atoms with Crippen LogP contribution in [-0.4, -0.2) is 37.1 Å². The van der Waals surface area contributed by atoms with E-state index in [9.17, 15) is 9.18 Å². The Morgan fingerprint density at radius 1 is 1.12 bits per heavy atom. The Morgan fingerprint density at radius 2 is 1.88 bits per heavy atom. The highest BCUT2D eigenvalue weighted by atomic mass is 79.9. The molecule has 2 aromatic rings. The fourth-order valence-electron chi connectivity index (χ4n) is 2.77. The van der Waals surface area contributed by atoms with Crippen molar-refractivity contribution < 1.29 is 9.18 Å². The summed E-state index contributed by atoms with van der Waals surface area (Å²) in [6.45, 7) is 4.58. The van der Waals surface area contributed by atoms with E-state index in [1.165, 1.54) is 12.1 Å². The molecule has 1 aliphatic rings. The number of carbonyl (C=O) groups excluding carboxylic acids is 1. The van der Waals surface area contributed by atoms with E-state index in [1.54, 1.807) is 11.0 Å². The Hall–Kier alpha value is -2.08. The Balaban J connectivity index is 1.58. The SMILES string of the molecule is Cc1cc(NC(=O)N2CCN(c3cccc(F)c3)CC2)ccc1Br. The van der Waals surface area contributed by atoms with Crippen LogP contribution in [0, 0.1) is 12.7 Å². The van der Waals surface area contributed by atoms with Crippen LogP contribution in [0.5, 0.6) is 0 Å². The van der Waals surface area contributed by atoms with Crippen molar-refractivity contribution in [1.82, 2.24) is 4.90 Å². The second-order valence-corrected chi connectivity index (χ2v) is 6.70. The van der Waals surface area contributed by atoms with Crippen LogP contribution < -0.4 is 10.2 Å². The fourth-order valence-corrected chi connectivity index (χ4v) is 3.01. The van der Waals surface area contributed by atoms with Crippen molar-refractivity contribution in [3.63, 3.8) is 0 Å². The Labute approximate surface area is 149 Å². The van der Waals surface area contributed by atoms with E-state index < -0.39 is 0 Å². The van der Waals surface area contributed by atoms with Gasteiger partial charge in [-0.2, -0.15) is 0 Å². The predicted molar refractivity (Wildman–Crippen MR) is 98.1 cm³/mol. The minimum absolute atomic E-state index is 0.101. The summed E-state index contributed by atoms with van der Waals surface area (Å²) in [4.78, 5) is 16.3. The summed E-state index contributed by atoms with van der Waals surface area (Å²) < 4.78 is 14.3. The van der Waals surface area contributed by atoms with Gasteiger partial charge >= 0.3 is 6.03 Å². The number of benzene rings is 2. The molecular weight excluding hydrogens is 373 g/mol. The first-order valence-electron chi connectivity index (χ1n) is 7.85. The van der Waals surface area contributed by atoms with Gasteiger partial charge in [-0.3, -0.25) is 0 Å². The van der Waals surface area contributed by atoms with Crippen molar-refractivity contribution in [3.05, 3.63) is 58.3 Å².